The van der Waals surface area contributed by atoms with Gasteiger partial charge in [0.2, 0.25) is 11.8 Å². The van der Waals surface area contributed by atoms with Gasteiger partial charge in [-0.1, -0.05) is 12.1 Å². The molecule has 8 heteroatoms. The van der Waals surface area contributed by atoms with Crippen LogP contribution in [0.5, 0.6) is 0 Å². The van der Waals surface area contributed by atoms with Crippen LogP contribution < -0.4 is 5.76 Å². The zero-order valence-electron chi connectivity index (χ0n) is 16.1. The van der Waals surface area contributed by atoms with Gasteiger partial charge in [0, 0.05) is 26.7 Å². The summed E-state index contributed by atoms with van der Waals surface area (Å²) in [6.07, 6.45) is 2.98. The van der Waals surface area contributed by atoms with Gasteiger partial charge < -0.3 is 19.0 Å². The van der Waals surface area contributed by atoms with E-state index in [4.69, 9.17) is 9.15 Å². The maximum absolute atomic E-state index is 13.2. The van der Waals surface area contributed by atoms with Crippen molar-refractivity contribution in [3.8, 4) is 0 Å². The number of carbonyl (C=O) groups is 2. The Morgan fingerprint density at radius 1 is 1.18 bits per heavy atom. The number of rotatable bonds is 5. The molecule has 2 saturated heterocycles. The predicted octanol–water partition coefficient (Wildman–Crippen LogP) is 1.22. The predicted molar refractivity (Wildman–Crippen MR) is 102 cm³/mol. The van der Waals surface area contributed by atoms with Gasteiger partial charge in [0.05, 0.1) is 12.1 Å². The van der Waals surface area contributed by atoms with Gasteiger partial charge in [-0.15, -0.1) is 0 Å². The number of para-hydroxylation sites is 2. The molecule has 0 N–H and O–H groups in total. The van der Waals surface area contributed by atoms with Crippen LogP contribution in [0.15, 0.2) is 33.5 Å². The highest BCUT2D eigenvalue weighted by molar-refractivity contribution is 5.93. The van der Waals surface area contributed by atoms with E-state index < -0.39 is 11.3 Å². The molecule has 0 bridgehead atoms. The van der Waals surface area contributed by atoms with Gasteiger partial charge in [-0.2, -0.15) is 0 Å². The number of amides is 2. The molecule has 8 nitrogen and oxygen atoms in total. The van der Waals surface area contributed by atoms with E-state index in [-0.39, 0.29) is 18.4 Å². The van der Waals surface area contributed by atoms with Gasteiger partial charge >= 0.3 is 5.76 Å². The Hall–Kier alpha value is -2.61. The molecule has 2 aromatic rings. The molecule has 0 saturated carbocycles. The molecule has 0 radical (unpaired) electrons. The van der Waals surface area contributed by atoms with Crippen molar-refractivity contribution in [2.24, 2.45) is 0 Å². The Labute approximate surface area is 162 Å². The number of carbonyl (C=O) groups excluding carboxylic acids is 2. The van der Waals surface area contributed by atoms with E-state index in [1.807, 2.05) is 0 Å². The van der Waals surface area contributed by atoms with Gasteiger partial charge in [-0.05, 0) is 37.8 Å². The van der Waals surface area contributed by atoms with E-state index in [2.05, 4.69) is 0 Å². The summed E-state index contributed by atoms with van der Waals surface area (Å²) in [5.74, 6) is -0.765. The molecule has 2 aliphatic heterocycles. The Morgan fingerprint density at radius 2 is 1.93 bits per heavy atom. The van der Waals surface area contributed by atoms with E-state index in [0.29, 0.717) is 50.2 Å². The Balaban J connectivity index is 1.59. The van der Waals surface area contributed by atoms with Crippen molar-refractivity contribution in [2.45, 2.75) is 37.8 Å². The number of hydrogen-bond donors (Lipinski definition) is 0. The van der Waals surface area contributed by atoms with Gasteiger partial charge in [0.15, 0.2) is 5.58 Å². The summed E-state index contributed by atoms with van der Waals surface area (Å²) in [6.45, 7) is 2.12. The van der Waals surface area contributed by atoms with Crippen molar-refractivity contribution < 1.29 is 18.7 Å². The first-order valence-corrected chi connectivity index (χ1v) is 9.74. The van der Waals surface area contributed by atoms with Crippen LogP contribution >= 0.6 is 0 Å². The molecule has 1 atom stereocenters. The summed E-state index contributed by atoms with van der Waals surface area (Å²) in [5, 5.41) is 0. The number of likely N-dealkylation sites (tertiary alicyclic amines) is 2. The van der Waals surface area contributed by atoms with E-state index in [1.54, 1.807) is 41.2 Å². The van der Waals surface area contributed by atoms with Crippen molar-refractivity contribution >= 4 is 22.9 Å². The average molecular weight is 387 g/mol. The Kier molecular flexibility index (Phi) is 4.97. The van der Waals surface area contributed by atoms with Crippen molar-refractivity contribution in [2.75, 3.05) is 33.4 Å². The SMILES string of the molecule is COCCN1CCCC2(CCCN2C(=O)Cn2c(=O)oc3ccccc32)C1=O. The number of fused-ring (bicyclic) bond motifs is 1. The number of hydrogen-bond acceptors (Lipinski definition) is 5. The van der Waals surface area contributed by atoms with Crippen LogP contribution in [0.4, 0.5) is 0 Å². The van der Waals surface area contributed by atoms with Crippen LogP contribution in [0.25, 0.3) is 11.1 Å². The minimum absolute atomic E-state index is 0.00560. The molecule has 4 rings (SSSR count). The smallest absolute Gasteiger partial charge is 0.408 e. The van der Waals surface area contributed by atoms with Crippen LogP contribution in [0.3, 0.4) is 0 Å². The number of oxazole rings is 1. The lowest BCUT2D eigenvalue weighted by atomic mass is 9.85. The zero-order valence-corrected chi connectivity index (χ0v) is 16.1. The Bertz CT molecular complexity index is 949. The standard InChI is InChI=1S/C20H25N3O5/c1-27-13-12-21-10-4-8-20(18(21)25)9-5-11-23(20)17(24)14-22-15-6-2-3-7-16(15)28-19(22)26/h2-3,6-7H,4-5,8-14H2,1H3. The molecular formula is C20H25N3O5. The lowest BCUT2D eigenvalue weighted by Gasteiger charge is -2.44. The molecule has 0 aliphatic carbocycles. The summed E-state index contributed by atoms with van der Waals surface area (Å²) in [4.78, 5) is 42.1. The average Bonchev–Trinajstić information content (AvgIpc) is 3.25. The second-order valence-electron chi connectivity index (χ2n) is 7.49. The molecule has 1 spiro atoms. The third-order valence-corrected chi connectivity index (χ3v) is 5.93. The van der Waals surface area contributed by atoms with Gasteiger partial charge in [0.1, 0.15) is 12.1 Å². The zero-order chi connectivity index (χ0) is 19.7. The van der Waals surface area contributed by atoms with E-state index >= 15 is 0 Å². The van der Waals surface area contributed by atoms with Crippen molar-refractivity contribution in [3.05, 3.63) is 34.8 Å². The number of ether oxygens (including phenoxy) is 1. The maximum Gasteiger partial charge on any atom is 0.420 e. The fraction of sp³-hybridized carbons (Fsp3) is 0.550. The third kappa shape index (κ3) is 3.01. The second-order valence-corrected chi connectivity index (χ2v) is 7.49. The lowest BCUT2D eigenvalue weighted by Crippen LogP contribution is -2.62. The highest BCUT2D eigenvalue weighted by Crippen LogP contribution is 2.38. The van der Waals surface area contributed by atoms with Crippen LogP contribution in [0, 0.1) is 0 Å². The molecule has 2 amide bonds. The summed E-state index contributed by atoms with van der Waals surface area (Å²) in [6, 6.07) is 7.04. The maximum atomic E-state index is 13.2. The van der Waals surface area contributed by atoms with Crippen LogP contribution in [-0.4, -0.2) is 65.1 Å². The van der Waals surface area contributed by atoms with Crippen LogP contribution in [0.2, 0.25) is 0 Å². The number of methoxy groups -OCH3 is 1. The first-order chi connectivity index (χ1) is 13.6. The quantitative estimate of drug-likeness (QED) is 0.770. The summed E-state index contributed by atoms with van der Waals surface area (Å²) >= 11 is 0. The highest BCUT2D eigenvalue weighted by atomic mass is 16.5. The molecule has 1 unspecified atom stereocenters. The molecule has 28 heavy (non-hydrogen) atoms. The number of nitrogens with zero attached hydrogens (tertiary/aromatic N) is 3. The van der Waals surface area contributed by atoms with Crippen molar-refractivity contribution in [3.63, 3.8) is 0 Å². The highest BCUT2D eigenvalue weighted by Gasteiger charge is 2.52. The first kappa shape index (κ1) is 18.7. The minimum Gasteiger partial charge on any atom is -0.408 e. The van der Waals surface area contributed by atoms with Gasteiger partial charge in [-0.25, -0.2) is 4.79 Å². The minimum atomic E-state index is -0.785. The Morgan fingerprint density at radius 3 is 2.71 bits per heavy atom. The van der Waals surface area contributed by atoms with Crippen LogP contribution in [0.1, 0.15) is 25.7 Å². The lowest BCUT2D eigenvalue weighted by molar-refractivity contribution is -0.156. The number of aromatic nitrogens is 1. The first-order valence-electron chi connectivity index (χ1n) is 9.74. The molecule has 1 aromatic heterocycles. The molecular weight excluding hydrogens is 362 g/mol. The molecule has 150 valence electrons. The normalized spacial score (nSPS) is 22.5. The monoisotopic (exact) mass is 387 g/mol. The third-order valence-electron chi connectivity index (χ3n) is 5.93. The fourth-order valence-electron chi connectivity index (χ4n) is 4.59. The van der Waals surface area contributed by atoms with Gasteiger partial charge in [0.25, 0.3) is 0 Å². The molecule has 2 fully saturated rings. The van der Waals surface area contributed by atoms with E-state index in [0.717, 1.165) is 12.8 Å². The topological polar surface area (TPSA) is 85.0 Å². The van der Waals surface area contributed by atoms with E-state index in [9.17, 15) is 14.4 Å². The number of benzene rings is 1. The van der Waals surface area contributed by atoms with Crippen molar-refractivity contribution in [1.82, 2.24) is 14.4 Å². The molecule has 2 aliphatic rings. The molecule has 3 heterocycles. The summed E-state index contributed by atoms with van der Waals surface area (Å²) < 4.78 is 11.7. The summed E-state index contributed by atoms with van der Waals surface area (Å²) in [5.41, 5.74) is 0.258. The molecule has 1 aromatic carbocycles. The van der Waals surface area contributed by atoms with E-state index in [1.165, 1.54) is 4.57 Å². The fourth-order valence-corrected chi connectivity index (χ4v) is 4.59. The van der Waals surface area contributed by atoms with Crippen LogP contribution in [-0.2, 0) is 20.9 Å². The second kappa shape index (κ2) is 7.43. The summed E-state index contributed by atoms with van der Waals surface area (Å²) in [7, 11) is 1.61. The van der Waals surface area contributed by atoms with Crippen molar-refractivity contribution in [1.29, 1.82) is 0 Å². The van der Waals surface area contributed by atoms with Gasteiger partial charge in [-0.3, -0.25) is 14.2 Å². The number of piperidine rings is 1. The largest absolute Gasteiger partial charge is 0.420 e.